The zero-order valence-corrected chi connectivity index (χ0v) is 13.7. The Hall–Kier alpha value is -2.63. The number of halogens is 2. The number of anilines is 2. The summed E-state index contributed by atoms with van der Waals surface area (Å²) < 4.78 is 26.7. The van der Waals surface area contributed by atoms with Crippen LogP contribution in [0.2, 0.25) is 0 Å². The smallest absolute Gasteiger partial charge is 0.319 e. The topological polar surface area (TPSA) is 44.4 Å². The number of carbonyl (C=O) groups is 1. The standard InChI is InChI=1S/C19H19F2N3O/c20-13-6-7-17(15(21)11-13)23-19(25)22-16-8-10-24-9-2-4-12-3-1-5-14(16)18(12)24/h1,3,5-7,11,16H,2,4,8-10H2,(H2,22,23,25)/t16-/m0/s1. The van der Waals surface area contributed by atoms with Crippen molar-refractivity contribution in [2.45, 2.75) is 25.3 Å². The minimum absolute atomic E-state index is 0.0357. The van der Waals surface area contributed by atoms with Gasteiger partial charge in [0.1, 0.15) is 11.6 Å². The van der Waals surface area contributed by atoms with Gasteiger partial charge in [0.25, 0.3) is 0 Å². The van der Waals surface area contributed by atoms with E-state index in [-0.39, 0.29) is 11.7 Å². The molecule has 0 bridgehead atoms. The summed E-state index contributed by atoms with van der Waals surface area (Å²) in [4.78, 5) is 14.7. The van der Waals surface area contributed by atoms with Gasteiger partial charge in [-0.25, -0.2) is 13.6 Å². The van der Waals surface area contributed by atoms with Crippen LogP contribution in [0.4, 0.5) is 25.0 Å². The van der Waals surface area contributed by atoms with Crippen LogP contribution in [-0.2, 0) is 6.42 Å². The third kappa shape index (κ3) is 3.04. The lowest BCUT2D eigenvalue weighted by Crippen LogP contribution is -2.41. The van der Waals surface area contributed by atoms with Crippen molar-refractivity contribution >= 4 is 17.4 Å². The molecule has 130 valence electrons. The molecule has 0 aliphatic carbocycles. The molecule has 0 aromatic heterocycles. The number of nitrogens with zero attached hydrogens (tertiary/aromatic N) is 1. The second-order valence-corrected chi connectivity index (χ2v) is 6.51. The number of aryl methyl sites for hydroxylation is 1. The number of benzene rings is 2. The molecule has 25 heavy (non-hydrogen) atoms. The Labute approximate surface area is 144 Å². The summed E-state index contributed by atoms with van der Waals surface area (Å²) in [5, 5.41) is 5.39. The molecule has 0 unspecified atom stereocenters. The van der Waals surface area contributed by atoms with E-state index in [0.717, 1.165) is 50.0 Å². The van der Waals surface area contributed by atoms with Gasteiger partial charge in [-0.2, -0.15) is 0 Å². The largest absolute Gasteiger partial charge is 0.371 e. The number of hydrogen-bond acceptors (Lipinski definition) is 2. The van der Waals surface area contributed by atoms with Crippen molar-refractivity contribution in [1.29, 1.82) is 0 Å². The fourth-order valence-corrected chi connectivity index (χ4v) is 3.77. The third-order valence-electron chi connectivity index (χ3n) is 4.89. The molecule has 2 aliphatic heterocycles. The van der Waals surface area contributed by atoms with Crippen molar-refractivity contribution in [1.82, 2.24) is 5.32 Å². The number of para-hydroxylation sites is 1. The van der Waals surface area contributed by atoms with Gasteiger partial charge in [0, 0.05) is 24.8 Å². The Bertz CT molecular complexity index is 824. The van der Waals surface area contributed by atoms with Gasteiger partial charge in [0.2, 0.25) is 0 Å². The summed E-state index contributed by atoms with van der Waals surface area (Å²) in [7, 11) is 0. The van der Waals surface area contributed by atoms with Crippen LogP contribution >= 0.6 is 0 Å². The summed E-state index contributed by atoms with van der Waals surface area (Å²) in [5.74, 6) is -1.46. The second-order valence-electron chi connectivity index (χ2n) is 6.51. The number of carbonyl (C=O) groups excluding carboxylic acids is 1. The zero-order chi connectivity index (χ0) is 17.4. The van der Waals surface area contributed by atoms with Gasteiger partial charge in [-0.15, -0.1) is 0 Å². The van der Waals surface area contributed by atoms with Crippen LogP contribution in [0.25, 0.3) is 0 Å². The first kappa shape index (κ1) is 15.9. The van der Waals surface area contributed by atoms with E-state index in [1.165, 1.54) is 17.3 Å². The maximum atomic E-state index is 13.7. The predicted octanol–water partition coefficient (Wildman–Crippen LogP) is 3.98. The van der Waals surface area contributed by atoms with Crippen LogP contribution < -0.4 is 15.5 Å². The Balaban J connectivity index is 1.52. The molecule has 2 amide bonds. The van der Waals surface area contributed by atoms with E-state index in [9.17, 15) is 13.6 Å². The first-order valence-electron chi connectivity index (χ1n) is 8.51. The molecule has 0 radical (unpaired) electrons. The van der Waals surface area contributed by atoms with Gasteiger partial charge in [-0.05, 0) is 42.5 Å². The van der Waals surface area contributed by atoms with E-state index < -0.39 is 17.7 Å². The molecule has 0 saturated heterocycles. The van der Waals surface area contributed by atoms with Crippen LogP contribution in [0.15, 0.2) is 36.4 Å². The summed E-state index contributed by atoms with van der Waals surface area (Å²) in [6.07, 6.45) is 3.01. The number of hydrogen-bond donors (Lipinski definition) is 2. The summed E-state index contributed by atoms with van der Waals surface area (Å²) in [5.41, 5.74) is 3.63. The molecule has 2 heterocycles. The highest BCUT2D eigenvalue weighted by Gasteiger charge is 2.30. The van der Waals surface area contributed by atoms with Crippen molar-refractivity contribution < 1.29 is 13.6 Å². The van der Waals surface area contributed by atoms with Gasteiger partial charge < -0.3 is 15.5 Å². The number of amides is 2. The first-order valence-corrected chi connectivity index (χ1v) is 8.51. The van der Waals surface area contributed by atoms with Crippen LogP contribution in [0.1, 0.15) is 30.0 Å². The predicted molar refractivity (Wildman–Crippen MR) is 92.8 cm³/mol. The lowest BCUT2D eigenvalue weighted by Gasteiger charge is -2.40. The van der Waals surface area contributed by atoms with Crippen molar-refractivity contribution in [3.8, 4) is 0 Å². The fourth-order valence-electron chi connectivity index (χ4n) is 3.77. The van der Waals surface area contributed by atoms with Gasteiger partial charge >= 0.3 is 6.03 Å². The highest BCUT2D eigenvalue weighted by atomic mass is 19.1. The molecule has 2 aromatic carbocycles. The van der Waals surface area contributed by atoms with E-state index in [1.54, 1.807) is 0 Å². The minimum atomic E-state index is -0.790. The highest BCUT2D eigenvalue weighted by molar-refractivity contribution is 5.90. The molecule has 4 rings (SSSR count). The van der Waals surface area contributed by atoms with E-state index >= 15 is 0 Å². The van der Waals surface area contributed by atoms with Gasteiger partial charge in [-0.1, -0.05) is 18.2 Å². The lowest BCUT2D eigenvalue weighted by atomic mass is 9.89. The molecule has 2 aromatic rings. The normalized spacial score (nSPS) is 18.5. The van der Waals surface area contributed by atoms with Crippen LogP contribution in [0, 0.1) is 11.6 Å². The molecule has 0 fully saturated rings. The molecule has 6 heteroatoms. The maximum absolute atomic E-state index is 13.7. The van der Waals surface area contributed by atoms with E-state index in [4.69, 9.17) is 0 Å². The Morgan fingerprint density at radius 3 is 2.88 bits per heavy atom. The Morgan fingerprint density at radius 1 is 1.16 bits per heavy atom. The molecule has 4 nitrogen and oxygen atoms in total. The quantitative estimate of drug-likeness (QED) is 0.866. The van der Waals surface area contributed by atoms with Crippen LogP contribution in [-0.4, -0.2) is 19.1 Å². The zero-order valence-electron chi connectivity index (χ0n) is 13.7. The minimum Gasteiger partial charge on any atom is -0.371 e. The maximum Gasteiger partial charge on any atom is 0.319 e. The number of rotatable bonds is 2. The summed E-state index contributed by atoms with van der Waals surface area (Å²) in [6, 6.07) is 8.69. The fraction of sp³-hybridized carbons (Fsp3) is 0.316. The average Bonchev–Trinajstić information content (AvgIpc) is 2.60. The number of urea groups is 1. The molecule has 0 spiro atoms. The lowest BCUT2D eigenvalue weighted by molar-refractivity contribution is 0.247. The van der Waals surface area contributed by atoms with E-state index in [0.29, 0.717) is 0 Å². The van der Waals surface area contributed by atoms with Gasteiger partial charge in [0.15, 0.2) is 0 Å². The number of nitrogens with one attached hydrogen (secondary N) is 2. The first-order chi connectivity index (χ1) is 12.1. The Morgan fingerprint density at radius 2 is 2.04 bits per heavy atom. The van der Waals surface area contributed by atoms with Crippen molar-refractivity contribution in [3.05, 3.63) is 59.2 Å². The molecular formula is C19H19F2N3O. The molecular weight excluding hydrogens is 324 g/mol. The van der Waals surface area contributed by atoms with Crippen molar-refractivity contribution in [2.75, 3.05) is 23.3 Å². The summed E-state index contributed by atoms with van der Waals surface area (Å²) >= 11 is 0. The molecule has 2 aliphatic rings. The van der Waals surface area contributed by atoms with Crippen molar-refractivity contribution in [2.24, 2.45) is 0 Å². The second kappa shape index (κ2) is 6.35. The third-order valence-corrected chi connectivity index (χ3v) is 4.89. The SMILES string of the molecule is O=C(Nc1ccc(F)cc1F)N[C@H]1CCN2CCCc3cccc1c32. The molecule has 0 saturated carbocycles. The summed E-state index contributed by atoms with van der Waals surface area (Å²) in [6.45, 7) is 1.93. The van der Waals surface area contributed by atoms with Crippen LogP contribution in [0.5, 0.6) is 0 Å². The van der Waals surface area contributed by atoms with Gasteiger partial charge in [0.05, 0.1) is 11.7 Å². The Kier molecular flexibility index (Phi) is 4.03. The highest BCUT2D eigenvalue weighted by Crippen LogP contribution is 2.39. The van der Waals surface area contributed by atoms with E-state index in [2.05, 4.69) is 21.6 Å². The van der Waals surface area contributed by atoms with Crippen molar-refractivity contribution in [3.63, 3.8) is 0 Å². The van der Waals surface area contributed by atoms with Crippen LogP contribution in [0.3, 0.4) is 0 Å². The molecule has 2 N–H and O–H groups in total. The van der Waals surface area contributed by atoms with Gasteiger partial charge in [-0.3, -0.25) is 0 Å². The van der Waals surface area contributed by atoms with E-state index in [1.807, 2.05) is 12.1 Å². The molecule has 1 atom stereocenters. The monoisotopic (exact) mass is 343 g/mol. The average molecular weight is 343 g/mol.